The second-order valence-electron chi connectivity index (χ2n) is 7.05. The van der Waals surface area contributed by atoms with Crippen molar-refractivity contribution >= 4 is 34.5 Å². The number of aromatic nitrogens is 1. The minimum absolute atomic E-state index is 0.138. The maximum absolute atomic E-state index is 13.7. The van der Waals surface area contributed by atoms with Crippen LogP contribution in [-0.4, -0.2) is 28.1 Å². The van der Waals surface area contributed by atoms with Crippen LogP contribution in [0.2, 0.25) is 4.34 Å². The Kier molecular flexibility index (Phi) is 6.08. The van der Waals surface area contributed by atoms with Crippen molar-refractivity contribution < 1.29 is 23.1 Å². The Hall–Kier alpha value is -2.28. The van der Waals surface area contributed by atoms with Crippen LogP contribution in [-0.2, 0) is 6.54 Å². The summed E-state index contributed by atoms with van der Waals surface area (Å²) in [6.45, 7) is 0.932. The van der Waals surface area contributed by atoms with E-state index in [2.05, 4.69) is 17.2 Å². The lowest BCUT2D eigenvalue weighted by molar-refractivity contribution is 0.0150. The summed E-state index contributed by atoms with van der Waals surface area (Å²) in [6, 6.07) is 2.24. The zero-order chi connectivity index (χ0) is 21.3. The quantitative estimate of drug-likeness (QED) is 0.706. The molecule has 2 aromatic heterocycles. The molecule has 0 atom stereocenters. The lowest BCUT2D eigenvalue weighted by atomic mass is 9.69. The number of nitrogens with zero attached hydrogens (tertiary/aromatic N) is 1. The Labute approximate surface area is 173 Å². The third-order valence-electron chi connectivity index (χ3n) is 4.42. The van der Waals surface area contributed by atoms with Gasteiger partial charge < -0.3 is 15.0 Å². The predicted molar refractivity (Wildman–Crippen MR) is 104 cm³/mol. The average molecular weight is 445 g/mol. The number of thiophene rings is 1. The number of halogens is 4. The van der Waals surface area contributed by atoms with Crippen LogP contribution < -0.4 is 10.9 Å². The first-order chi connectivity index (χ1) is 13.6. The van der Waals surface area contributed by atoms with Gasteiger partial charge >= 0.3 is 0 Å². The molecule has 0 bridgehead atoms. The van der Waals surface area contributed by atoms with Gasteiger partial charge in [0.15, 0.2) is 5.82 Å². The van der Waals surface area contributed by atoms with E-state index in [4.69, 9.17) is 11.6 Å². The minimum atomic E-state index is -2.85. The van der Waals surface area contributed by atoms with Crippen molar-refractivity contribution in [3.63, 3.8) is 0 Å². The number of aliphatic hydroxyl groups excluding tert-OH is 1. The van der Waals surface area contributed by atoms with Crippen LogP contribution in [0.15, 0.2) is 23.1 Å². The molecular formula is C19H16ClF3N2O3S. The van der Waals surface area contributed by atoms with E-state index >= 15 is 0 Å². The number of anilines is 1. The maximum Gasteiger partial charge on any atom is 0.286 e. The number of hydrogen-bond donors (Lipinski definition) is 2. The summed E-state index contributed by atoms with van der Waals surface area (Å²) in [5.74, 6) is 4.06. The number of nitrogens with one attached hydrogen (secondary N) is 1. The topological polar surface area (TPSA) is 71.3 Å². The molecule has 0 spiro atoms. The highest BCUT2D eigenvalue weighted by atomic mass is 35.5. The number of carbonyl (C=O) groups excluding carboxylic acids is 1. The summed E-state index contributed by atoms with van der Waals surface area (Å²) in [7, 11) is 0. The van der Waals surface area contributed by atoms with E-state index < -0.39 is 30.3 Å². The number of carbonyl (C=O) groups is 1. The number of rotatable bonds is 4. The van der Waals surface area contributed by atoms with Crippen LogP contribution in [0.4, 0.5) is 18.9 Å². The molecule has 1 fully saturated rings. The second kappa shape index (κ2) is 8.22. The van der Waals surface area contributed by atoms with Crippen molar-refractivity contribution in [2.24, 2.45) is 5.41 Å². The van der Waals surface area contributed by atoms with Crippen molar-refractivity contribution in [3.05, 3.63) is 49.3 Å². The predicted octanol–water partition coefficient (Wildman–Crippen LogP) is 3.73. The Balaban J connectivity index is 1.78. The van der Waals surface area contributed by atoms with Gasteiger partial charge in [0, 0.05) is 17.7 Å². The summed E-state index contributed by atoms with van der Waals surface area (Å²) in [5.41, 5.74) is -1.20. The van der Waals surface area contributed by atoms with Gasteiger partial charge in [0.2, 0.25) is 0 Å². The van der Waals surface area contributed by atoms with Crippen molar-refractivity contribution in [1.29, 1.82) is 0 Å². The Morgan fingerprint density at radius 2 is 2.17 bits per heavy atom. The molecule has 0 aliphatic heterocycles. The maximum atomic E-state index is 13.7. The van der Waals surface area contributed by atoms with Crippen molar-refractivity contribution in [3.8, 4) is 11.8 Å². The smallest absolute Gasteiger partial charge is 0.286 e. The van der Waals surface area contributed by atoms with E-state index in [9.17, 15) is 27.9 Å². The van der Waals surface area contributed by atoms with Crippen molar-refractivity contribution in [2.75, 3.05) is 5.32 Å². The van der Waals surface area contributed by atoms with Gasteiger partial charge in [-0.25, -0.2) is 13.2 Å². The molecule has 3 rings (SSSR count). The van der Waals surface area contributed by atoms with Gasteiger partial charge in [-0.1, -0.05) is 23.4 Å². The molecule has 5 nitrogen and oxygen atoms in total. The van der Waals surface area contributed by atoms with Gasteiger partial charge in [0.25, 0.3) is 17.9 Å². The van der Waals surface area contributed by atoms with E-state index in [0.717, 1.165) is 23.6 Å². The molecule has 2 N–H and O–H groups in total. The number of aliphatic hydroxyl groups is 1. The summed E-state index contributed by atoms with van der Waals surface area (Å²) in [4.78, 5) is 24.2. The first kappa shape index (κ1) is 21.4. The monoisotopic (exact) mass is 444 g/mol. The molecule has 2 aromatic rings. The van der Waals surface area contributed by atoms with E-state index in [1.165, 1.54) is 6.07 Å². The molecule has 0 aromatic carbocycles. The first-order valence-corrected chi connectivity index (χ1v) is 9.76. The third-order valence-corrected chi connectivity index (χ3v) is 5.77. The molecule has 0 saturated heterocycles. The van der Waals surface area contributed by atoms with Crippen molar-refractivity contribution in [1.82, 2.24) is 4.57 Å². The van der Waals surface area contributed by atoms with Gasteiger partial charge in [0.1, 0.15) is 4.34 Å². The average Bonchev–Trinajstić information content (AvgIpc) is 2.97. The highest BCUT2D eigenvalue weighted by Gasteiger charge is 2.37. The second-order valence-corrected chi connectivity index (χ2v) is 8.70. The Morgan fingerprint density at radius 1 is 1.48 bits per heavy atom. The normalized spacial score (nSPS) is 20.7. The lowest BCUT2D eigenvalue weighted by Gasteiger charge is -2.38. The zero-order valence-electron chi connectivity index (χ0n) is 15.1. The SMILES string of the molecule is C[C@]1(C#Cc2cc(C(=O)Nc3cc(F)c(=O)n(CC(F)F)c3)sc2Cl)C[C@@H](O)C1. The largest absolute Gasteiger partial charge is 0.393 e. The van der Waals surface area contributed by atoms with E-state index in [1.807, 2.05) is 6.92 Å². The molecule has 29 heavy (non-hydrogen) atoms. The molecule has 2 heterocycles. The van der Waals surface area contributed by atoms with Crippen LogP contribution in [0, 0.1) is 23.1 Å². The Morgan fingerprint density at radius 3 is 2.79 bits per heavy atom. The van der Waals surface area contributed by atoms with Gasteiger partial charge in [-0.15, -0.1) is 11.3 Å². The van der Waals surface area contributed by atoms with Crippen LogP contribution in [0.25, 0.3) is 0 Å². The summed E-state index contributed by atoms with van der Waals surface area (Å²) in [6.07, 6.45) is -1.13. The molecule has 1 saturated carbocycles. The molecule has 0 unspecified atom stereocenters. The van der Waals surface area contributed by atoms with E-state index in [-0.39, 0.29) is 22.1 Å². The van der Waals surface area contributed by atoms with Gasteiger partial charge in [-0.05, 0) is 25.8 Å². The Bertz CT molecular complexity index is 1060. The fourth-order valence-corrected chi connectivity index (χ4v) is 4.10. The molecule has 10 heteroatoms. The summed E-state index contributed by atoms with van der Waals surface area (Å²) >= 11 is 7.10. The van der Waals surface area contributed by atoms with Crippen LogP contribution in [0.3, 0.4) is 0 Å². The fourth-order valence-electron chi connectivity index (χ4n) is 3.01. The highest BCUT2D eigenvalue weighted by molar-refractivity contribution is 7.18. The van der Waals surface area contributed by atoms with Crippen LogP contribution in [0.1, 0.15) is 35.0 Å². The first-order valence-electron chi connectivity index (χ1n) is 8.56. The molecule has 0 radical (unpaired) electrons. The number of hydrogen-bond acceptors (Lipinski definition) is 4. The fraction of sp³-hybridized carbons (Fsp3) is 0.368. The summed E-state index contributed by atoms with van der Waals surface area (Å²) < 4.78 is 39.6. The van der Waals surface area contributed by atoms with Crippen molar-refractivity contribution in [2.45, 2.75) is 38.8 Å². The van der Waals surface area contributed by atoms with Crippen LogP contribution >= 0.6 is 22.9 Å². The van der Waals surface area contributed by atoms with E-state index in [0.29, 0.717) is 27.3 Å². The van der Waals surface area contributed by atoms with E-state index in [1.54, 1.807) is 0 Å². The number of pyridine rings is 1. The number of alkyl halides is 2. The summed E-state index contributed by atoms with van der Waals surface area (Å²) in [5, 5.41) is 11.8. The van der Waals surface area contributed by atoms with Gasteiger partial charge in [-0.3, -0.25) is 9.59 Å². The third kappa shape index (κ3) is 5.01. The molecular weight excluding hydrogens is 429 g/mol. The lowest BCUT2D eigenvalue weighted by Crippen LogP contribution is -2.37. The zero-order valence-corrected chi connectivity index (χ0v) is 16.7. The molecule has 1 aliphatic rings. The minimum Gasteiger partial charge on any atom is -0.393 e. The van der Waals surface area contributed by atoms with Gasteiger partial charge in [0.05, 0.1) is 28.8 Å². The standard InChI is InChI=1S/C19H16ClF3N2O3S/c1-19(6-12(26)7-19)3-2-10-4-14(29-16(10)20)17(27)24-11-5-13(21)18(28)25(8-11)9-15(22)23/h4-5,8,12,15,26H,6-7,9H2,1H3,(H,24,27)/t12-,19+. The molecule has 154 valence electrons. The molecule has 1 aliphatic carbocycles. The van der Waals surface area contributed by atoms with Crippen LogP contribution in [0.5, 0.6) is 0 Å². The van der Waals surface area contributed by atoms with Gasteiger partial charge in [-0.2, -0.15) is 0 Å². The number of amides is 1. The molecule has 1 amide bonds. The highest BCUT2D eigenvalue weighted by Crippen LogP contribution is 2.40.